The largest absolute Gasteiger partial charge is 0.489 e. The Kier molecular flexibility index (Phi) is 2.75. The highest BCUT2D eigenvalue weighted by Crippen LogP contribution is 2.32. The molecule has 1 aliphatic rings. The molecule has 0 bridgehead atoms. The zero-order valence-electron chi connectivity index (χ0n) is 8.37. The third-order valence-electron chi connectivity index (χ3n) is 2.47. The van der Waals surface area contributed by atoms with Gasteiger partial charge >= 0.3 is 6.18 Å². The smallest absolute Gasteiger partial charge is 0.418 e. The van der Waals surface area contributed by atoms with Crippen LogP contribution >= 0.6 is 0 Å². The summed E-state index contributed by atoms with van der Waals surface area (Å²) in [5.41, 5.74) is 4.75. The van der Waals surface area contributed by atoms with Crippen molar-refractivity contribution < 1.29 is 17.9 Å². The quantitative estimate of drug-likeness (QED) is 0.848. The normalized spacial score (nSPS) is 25.0. The van der Waals surface area contributed by atoms with E-state index in [4.69, 9.17) is 10.5 Å². The number of nitrogens with two attached hydrogens (primary N) is 1. The molecule has 1 fully saturated rings. The Hall–Kier alpha value is -1.30. The minimum atomic E-state index is -4.39. The molecule has 1 heterocycles. The topological polar surface area (TPSA) is 48.1 Å². The summed E-state index contributed by atoms with van der Waals surface area (Å²) < 4.78 is 42.4. The van der Waals surface area contributed by atoms with E-state index in [2.05, 4.69) is 4.98 Å². The number of halogens is 3. The Balaban J connectivity index is 2.05. The average Bonchev–Trinajstić information content (AvgIpc) is 2.14. The molecule has 1 aromatic heterocycles. The molecule has 0 amide bonds. The molecule has 1 saturated carbocycles. The summed E-state index contributed by atoms with van der Waals surface area (Å²) >= 11 is 0. The van der Waals surface area contributed by atoms with Gasteiger partial charge in [0, 0.05) is 12.2 Å². The summed E-state index contributed by atoms with van der Waals surface area (Å²) in [7, 11) is 0. The monoisotopic (exact) mass is 232 g/mol. The highest BCUT2D eigenvalue weighted by Gasteiger charge is 2.32. The van der Waals surface area contributed by atoms with Gasteiger partial charge in [0.1, 0.15) is 11.9 Å². The Bertz CT molecular complexity index is 375. The number of rotatable bonds is 2. The van der Waals surface area contributed by atoms with E-state index < -0.39 is 11.7 Å². The van der Waals surface area contributed by atoms with Gasteiger partial charge in [-0.15, -0.1) is 0 Å². The van der Waals surface area contributed by atoms with Gasteiger partial charge in [0.15, 0.2) is 0 Å². The van der Waals surface area contributed by atoms with E-state index >= 15 is 0 Å². The van der Waals surface area contributed by atoms with Gasteiger partial charge in [0.25, 0.3) is 0 Å². The van der Waals surface area contributed by atoms with E-state index in [1.54, 1.807) is 0 Å². The molecule has 2 rings (SSSR count). The highest BCUT2D eigenvalue weighted by atomic mass is 19.4. The van der Waals surface area contributed by atoms with Crippen molar-refractivity contribution in [2.75, 3.05) is 0 Å². The van der Waals surface area contributed by atoms with Crippen LogP contribution in [0.3, 0.4) is 0 Å². The first-order valence-corrected chi connectivity index (χ1v) is 4.89. The highest BCUT2D eigenvalue weighted by molar-refractivity contribution is 5.26. The minimum Gasteiger partial charge on any atom is -0.489 e. The van der Waals surface area contributed by atoms with Crippen molar-refractivity contribution in [2.45, 2.75) is 31.2 Å². The van der Waals surface area contributed by atoms with Crippen LogP contribution in [0.4, 0.5) is 13.2 Å². The number of hydrogen-bond donors (Lipinski definition) is 1. The van der Waals surface area contributed by atoms with E-state index in [0.717, 1.165) is 12.3 Å². The second kappa shape index (κ2) is 3.93. The van der Waals surface area contributed by atoms with Crippen molar-refractivity contribution in [1.82, 2.24) is 4.98 Å². The zero-order chi connectivity index (χ0) is 11.8. The van der Waals surface area contributed by atoms with Crippen LogP contribution in [0.15, 0.2) is 18.5 Å². The number of nitrogens with zero attached hydrogens (tertiary/aromatic N) is 1. The lowest BCUT2D eigenvalue weighted by atomic mass is 9.90. The van der Waals surface area contributed by atoms with Crippen LogP contribution in [0.1, 0.15) is 18.4 Å². The third-order valence-corrected chi connectivity index (χ3v) is 2.47. The van der Waals surface area contributed by atoms with Crippen LogP contribution in [0.2, 0.25) is 0 Å². The molecule has 0 atom stereocenters. The van der Waals surface area contributed by atoms with Crippen molar-refractivity contribution in [3.05, 3.63) is 24.0 Å². The molecule has 3 nitrogen and oxygen atoms in total. The van der Waals surface area contributed by atoms with E-state index in [9.17, 15) is 13.2 Å². The van der Waals surface area contributed by atoms with E-state index in [0.29, 0.717) is 12.8 Å². The van der Waals surface area contributed by atoms with Crippen molar-refractivity contribution in [1.29, 1.82) is 0 Å². The molecule has 1 aromatic rings. The third kappa shape index (κ3) is 2.44. The first-order chi connectivity index (χ1) is 7.45. The molecule has 1 aliphatic carbocycles. The molecule has 88 valence electrons. The fraction of sp³-hybridized carbons (Fsp3) is 0.500. The molecule has 16 heavy (non-hydrogen) atoms. The summed E-state index contributed by atoms with van der Waals surface area (Å²) in [5, 5.41) is 0. The number of pyridine rings is 1. The number of ether oxygens (including phenoxy) is 1. The van der Waals surface area contributed by atoms with E-state index in [-0.39, 0.29) is 17.9 Å². The standard InChI is InChI=1S/C10H11F3N2O/c11-10(12,13)6-1-9(5-15-4-6)16-8-2-7(14)3-8/h1,4-5,7-8H,2-3,14H2/t7-,8-. The summed E-state index contributed by atoms with van der Waals surface area (Å²) in [6.45, 7) is 0. The van der Waals surface area contributed by atoms with Gasteiger partial charge in [-0.3, -0.25) is 4.98 Å². The predicted molar refractivity (Wildman–Crippen MR) is 50.9 cm³/mol. The lowest BCUT2D eigenvalue weighted by Crippen LogP contribution is -2.43. The van der Waals surface area contributed by atoms with Crippen LogP contribution in [-0.2, 0) is 6.18 Å². The van der Waals surface area contributed by atoms with Crippen LogP contribution < -0.4 is 10.5 Å². The molecule has 0 saturated heterocycles. The first kappa shape index (κ1) is 11.2. The van der Waals surface area contributed by atoms with Crippen molar-refractivity contribution in [3.8, 4) is 5.75 Å². The second-order valence-corrected chi connectivity index (χ2v) is 3.88. The molecule has 0 spiro atoms. The molecule has 2 N–H and O–H groups in total. The van der Waals surface area contributed by atoms with E-state index in [1.807, 2.05) is 0 Å². The maximum atomic E-state index is 12.3. The summed E-state index contributed by atoms with van der Waals surface area (Å²) in [6.07, 6.45) is -1.06. The van der Waals surface area contributed by atoms with Crippen LogP contribution in [0.5, 0.6) is 5.75 Å². The van der Waals surface area contributed by atoms with Crippen molar-refractivity contribution in [2.24, 2.45) is 5.73 Å². The van der Waals surface area contributed by atoms with Gasteiger partial charge in [0.05, 0.1) is 11.8 Å². The number of aromatic nitrogens is 1. The summed E-state index contributed by atoms with van der Waals surface area (Å²) in [5.74, 6) is 0.145. The molecule has 0 aliphatic heterocycles. The van der Waals surface area contributed by atoms with Crippen molar-refractivity contribution in [3.63, 3.8) is 0 Å². The predicted octanol–water partition coefficient (Wildman–Crippen LogP) is 1.97. The minimum absolute atomic E-state index is 0.0831. The molecular weight excluding hydrogens is 221 g/mol. The van der Waals surface area contributed by atoms with Crippen LogP contribution in [0, 0.1) is 0 Å². The van der Waals surface area contributed by atoms with E-state index in [1.165, 1.54) is 6.20 Å². The fourth-order valence-electron chi connectivity index (χ4n) is 1.53. The molecule has 0 radical (unpaired) electrons. The maximum Gasteiger partial charge on any atom is 0.418 e. The van der Waals surface area contributed by atoms with Gasteiger partial charge in [-0.25, -0.2) is 0 Å². The van der Waals surface area contributed by atoms with Gasteiger partial charge in [-0.2, -0.15) is 13.2 Å². The molecular formula is C10H11F3N2O. The SMILES string of the molecule is N[C@H]1C[C@H](Oc2cncc(C(F)(F)F)c2)C1. The lowest BCUT2D eigenvalue weighted by Gasteiger charge is -2.32. The second-order valence-electron chi connectivity index (χ2n) is 3.88. The molecule has 0 unspecified atom stereocenters. The van der Waals surface area contributed by atoms with Crippen LogP contribution in [0.25, 0.3) is 0 Å². The Labute approximate surface area is 90.4 Å². The number of hydrogen-bond acceptors (Lipinski definition) is 3. The van der Waals surface area contributed by atoms with Crippen molar-refractivity contribution >= 4 is 0 Å². The summed E-state index contributed by atoms with van der Waals surface area (Å²) in [4.78, 5) is 3.51. The van der Waals surface area contributed by atoms with Gasteiger partial charge in [-0.05, 0) is 18.9 Å². The Morgan fingerprint density at radius 2 is 2.00 bits per heavy atom. The fourth-order valence-corrected chi connectivity index (χ4v) is 1.53. The maximum absolute atomic E-state index is 12.3. The van der Waals surface area contributed by atoms with Crippen LogP contribution in [-0.4, -0.2) is 17.1 Å². The molecule has 6 heteroatoms. The lowest BCUT2D eigenvalue weighted by molar-refractivity contribution is -0.138. The first-order valence-electron chi connectivity index (χ1n) is 4.89. The zero-order valence-corrected chi connectivity index (χ0v) is 8.37. The van der Waals surface area contributed by atoms with Gasteiger partial charge < -0.3 is 10.5 Å². The van der Waals surface area contributed by atoms with Gasteiger partial charge in [0.2, 0.25) is 0 Å². The van der Waals surface area contributed by atoms with Gasteiger partial charge in [-0.1, -0.05) is 0 Å². The average molecular weight is 232 g/mol. The Morgan fingerprint density at radius 3 is 2.56 bits per heavy atom. The Morgan fingerprint density at radius 1 is 1.31 bits per heavy atom. The summed E-state index contributed by atoms with van der Waals surface area (Å²) in [6, 6.07) is 1.06. The molecule has 0 aromatic carbocycles. The number of alkyl halides is 3.